The average molecular weight is 638 g/mol. The van der Waals surface area contributed by atoms with Crippen LogP contribution in [0.5, 0.6) is 11.5 Å². The first-order chi connectivity index (χ1) is 14.7. The Morgan fingerprint density at radius 1 is 1.03 bits per heavy atom. The molecule has 0 fully saturated rings. The molecule has 0 saturated heterocycles. The number of hydrogen-bond donors (Lipinski definition) is 3. The van der Waals surface area contributed by atoms with Crippen LogP contribution in [-0.4, -0.2) is 30.1 Å². The second kappa shape index (κ2) is 12.4. The van der Waals surface area contributed by atoms with Crippen molar-refractivity contribution in [1.82, 2.24) is 16.2 Å². The molecule has 3 N–H and O–H groups in total. The molecule has 11 heteroatoms. The number of benzene rings is 2. The van der Waals surface area contributed by atoms with Crippen LogP contribution in [0.4, 0.5) is 0 Å². The number of carbonyl (C=O) groups excluding carboxylic acids is 2. The summed E-state index contributed by atoms with van der Waals surface area (Å²) < 4.78 is 13.4. The summed E-state index contributed by atoms with van der Waals surface area (Å²) >= 11 is 15.2. The van der Waals surface area contributed by atoms with Crippen molar-refractivity contribution in [1.29, 1.82) is 0 Å². The highest BCUT2D eigenvalue weighted by Gasteiger charge is 2.13. The van der Waals surface area contributed by atoms with Crippen molar-refractivity contribution in [2.24, 2.45) is 0 Å². The Kier molecular flexibility index (Phi) is 10.2. The van der Waals surface area contributed by atoms with E-state index in [1.807, 2.05) is 26.0 Å². The third-order valence-corrected chi connectivity index (χ3v) is 5.61. The van der Waals surface area contributed by atoms with Crippen molar-refractivity contribution in [2.45, 2.75) is 20.3 Å². The lowest BCUT2D eigenvalue weighted by atomic mass is 10.2. The first-order valence-electron chi connectivity index (χ1n) is 9.12. The smallest absolute Gasteiger partial charge is 0.276 e. The summed E-state index contributed by atoms with van der Waals surface area (Å²) in [6.45, 7) is 4.22. The number of aryl methyl sites for hydroxylation is 1. The molecule has 166 valence electrons. The number of thiocarbonyl (C=S) groups is 1. The third kappa shape index (κ3) is 8.06. The van der Waals surface area contributed by atoms with Crippen molar-refractivity contribution in [3.8, 4) is 11.5 Å². The minimum Gasteiger partial charge on any atom is -0.492 e. The van der Waals surface area contributed by atoms with E-state index in [0.717, 1.165) is 20.9 Å². The highest BCUT2D eigenvalue weighted by atomic mass is 79.9. The fraction of sp³-hybridized carbons (Fsp3) is 0.250. The van der Waals surface area contributed by atoms with E-state index in [9.17, 15) is 9.59 Å². The molecule has 0 aliphatic carbocycles. The summed E-state index contributed by atoms with van der Waals surface area (Å²) in [4.78, 5) is 24.4. The van der Waals surface area contributed by atoms with Crippen molar-refractivity contribution in [3.63, 3.8) is 0 Å². The molecule has 7 nitrogen and oxygen atoms in total. The van der Waals surface area contributed by atoms with Gasteiger partial charge in [-0.25, -0.2) is 0 Å². The van der Waals surface area contributed by atoms with Gasteiger partial charge in [-0.3, -0.25) is 25.8 Å². The molecule has 2 amide bonds. The molecule has 0 saturated carbocycles. The minimum atomic E-state index is -0.467. The second-order valence-corrected chi connectivity index (χ2v) is 9.30. The number of amides is 2. The molecule has 0 heterocycles. The lowest BCUT2D eigenvalue weighted by Gasteiger charge is -2.14. The summed E-state index contributed by atoms with van der Waals surface area (Å²) in [5.74, 6) is 0.316. The Morgan fingerprint density at radius 2 is 1.77 bits per heavy atom. The van der Waals surface area contributed by atoms with Gasteiger partial charge in [0.05, 0.1) is 15.6 Å². The predicted octanol–water partition coefficient (Wildman–Crippen LogP) is 4.79. The molecule has 0 aromatic heterocycles. The average Bonchev–Trinajstić information content (AvgIpc) is 2.70. The third-order valence-electron chi connectivity index (χ3n) is 3.74. The molecular formula is C20H20Br3N3O4S. The number of halogens is 3. The van der Waals surface area contributed by atoms with Crippen molar-refractivity contribution >= 4 is 76.9 Å². The van der Waals surface area contributed by atoms with Gasteiger partial charge in [0, 0.05) is 10.0 Å². The molecule has 31 heavy (non-hydrogen) atoms. The molecular weight excluding hydrogens is 618 g/mol. The van der Waals surface area contributed by atoms with Gasteiger partial charge in [-0.05, 0) is 93.3 Å². The normalized spacial score (nSPS) is 10.2. The van der Waals surface area contributed by atoms with Gasteiger partial charge in [0.1, 0.15) is 11.5 Å². The molecule has 0 aliphatic heterocycles. The number of hydrazine groups is 1. The van der Waals surface area contributed by atoms with Gasteiger partial charge in [0.15, 0.2) is 11.7 Å². The van der Waals surface area contributed by atoms with Gasteiger partial charge >= 0.3 is 0 Å². The van der Waals surface area contributed by atoms with Crippen LogP contribution in [0, 0.1) is 6.92 Å². The highest BCUT2D eigenvalue weighted by Crippen LogP contribution is 2.32. The molecule has 0 bridgehead atoms. The van der Waals surface area contributed by atoms with E-state index in [0.29, 0.717) is 28.1 Å². The Bertz CT molecular complexity index is 965. The molecule has 0 unspecified atom stereocenters. The maximum atomic E-state index is 12.3. The number of hydrogen-bond acceptors (Lipinski definition) is 5. The fourth-order valence-corrected chi connectivity index (χ4v) is 4.54. The van der Waals surface area contributed by atoms with Gasteiger partial charge in [0.25, 0.3) is 11.8 Å². The van der Waals surface area contributed by atoms with Crippen LogP contribution < -0.4 is 25.6 Å². The monoisotopic (exact) mass is 635 g/mol. The van der Waals surface area contributed by atoms with Crippen LogP contribution in [-0.2, 0) is 4.79 Å². The largest absolute Gasteiger partial charge is 0.492 e. The molecule has 0 spiro atoms. The molecule has 0 radical (unpaired) electrons. The minimum absolute atomic E-state index is 0.0539. The summed E-state index contributed by atoms with van der Waals surface area (Å²) in [6.07, 6.45) is 0.880. The van der Waals surface area contributed by atoms with E-state index >= 15 is 0 Å². The zero-order valence-corrected chi connectivity index (χ0v) is 22.3. The highest BCUT2D eigenvalue weighted by molar-refractivity contribution is 9.11. The molecule has 2 rings (SSSR count). The van der Waals surface area contributed by atoms with Crippen LogP contribution in [0.3, 0.4) is 0 Å². The lowest BCUT2D eigenvalue weighted by molar-refractivity contribution is -0.123. The quantitative estimate of drug-likeness (QED) is 0.299. The molecule has 0 atom stereocenters. The number of carbonyl (C=O) groups is 2. The zero-order valence-electron chi connectivity index (χ0n) is 16.7. The fourth-order valence-electron chi connectivity index (χ4n) is 2.35. The van der Waals surface area contributed by atoms with Gasteiger partial charge in [-0.15, -0.1) is 0 Å². The first kappa shape index (κ1) is 25.6. The van der Waals surface area contributed by atoms with Crippen LogP contribution in [0.1, 0.15) is 29.3 Å². The first-order valence-corrected chi connectivity index (χ1v) is 11.9. The van der Waals surface area contributed by atoms with Crippen LogP contribution in [0.15, 0.2) is 43.7 Å². The number of nitrogens with one attached hydrogen (secondary N) is 3. The lowest BCUT2D eigenvalue weighted by Crippen LogP contribution is -2.49. The van der Waals surface area contributed by atoms with Gasteiger partial charge in [-0.2, -0.15) is 0 Å². The van der Waals surface area contributed by atoms with E-state index in [-0.39, 0.29) is 11.7 Å². The van der Waals surface area contributed by atoms with Crippen LogP contribution in [0.2, 0.25) is 0 Å². The van der Waals surface area contributed by atoms with Gasteiger partial charge in [0.2, 0.25) is 0 Å². The summed E-state index contributed by atoms with van der Waals surface area (Å²) in [5, 5.41) is 2.44. The summed E-state index contributed by atoms with van der Waals surface area (Å²) in [7, 11) is 0. The Hall–Kier alpha value is -1.69. The van der Waals surface area contributed by atoms with E-state index < -0.39 is 11.8 Å². The van der Waals surface area contributed by atoms with Crippen LogP contribution in [0.25, 0.3) is 0 Å². The number of rotatable bonds is 7. The topological polar surface area (TPSA) is 88.7 Å². The van der Waals surface area contributed by atoms with Gasteiger partial charge in [-0.1, -0.05) is 22.9 Å². The Morgan fingerprint density at radius 3 is 2.42 bits per heavy atom. The second-order valence-electron chi connectivity index (χ2n) is 6.27. The molecule has 0 aliphatic rings. The maximum absolute atomic E-state index is 12.3. The van der Waals surface area contributed by atoms with Crippen LogP contribution >= 0.6 is 60.0 Å². The molecule has 2 aromatic carbocycles. The molecule has 2 aromatic rings. The zero-order chi connectivity index (χ0) is 23.0. The van der Waals surface area contributed by atoms with E-state index in [1.165, 1.54) is 0 Å². The number of ether oxygens (including phenoxy) is 2. The Labute approximate surface area is 211 Å². The summed E-state index contributed by atoms with van der Waals surface area (Å²) in [5.41, 5.74) is 6.10. The van der Waals surface area contributed by atoms with E-state index in [2.05, 4.69) is 64.0 Å². The predicted molar refractivity (Wildman–Crippen MR) is 133 cm³/mol. The van der Waals surface area contributed by atoms with E-state index in [4.69, 9.17) is 21.7 Å². The maximum Gasteiger partial charge on any atom is 0.276 e. The van der Waals surface area contributed by atoms with E-state index in [1.54, 1.807) is 18.2 Å². The van der Waals surface area contributed by atoms with Crippen molar-refractivity contribution in [3.05, 3.63) is 54.9 Å². The summed E-state index contributed by atoms with van der Waals surface area (Å²) in [6, 6.07) is 8.66. The SMILES string of the molecule is CCCOc1ccc(C(=O)NC(=S)NNC(=O)COc2c(C)cc(Br)cc2Br)cc1Br. The Balaban J connectivity index is 1.81. The van der Waals surface area contributed by atoms with Crippen molar-refractivity contribution < 1.29 is 19.1 Å². The van der Waals surface area contributed by atoms with Gasteiger partial charge < -0.3 is 9.47 Å². The standard InChI is InChI=1S/C20H20Br3N3O4S/c1-3-6-29-16-5-4-12(8-14(16)22)19(28)24-20(31)26-25-17(27)10-30-18-11(2)7-13(21)9-15(18)23/h4-5,7-9H,3,6,10H2,1-2H3,(H,25,27)(H2,24,26,28,31). The van der Waals surface area contributed by atoms with Crippen molar-refractivity contribution in [2.75, 3.05) is 13.2 Å².